The van der Waals surface area contributed by atoms with Gasteiger partial charge in [-0.2, -0.15) is 0 Å². The summed E-state index contributed by atoms with van der Waals surface area (Å²) >= 11 is 6.43. The summed E-state index contributed by atoms with van der Waals surface area (Å²) < 4.78 is 2.19. The lowest BCUT2D eigenvalue weighted by Crippen LogP contribution is -2.51. The molecule has 190 valence electrons. The first-order valence-corrected chi connectivity index (χ1v) is 13.8. The van der Waals surface area contributed by atoms with Crippen molar-refractivity contribution in [1.82, 2.24) is 14.4 Å². The second kappa shape index (κ2) is 12.1. The molecule has 0 spiro atoms. The Kier molecular flexibility index (Phi) is 8.94. The predicted molar refractivity (Wildman–Crippen MR) is 141 cm³/mol. The minimum absolute atomic E-state index is 0.0735. The van der Waals surface area contributed by atoms with E-state index in [2.05, 4.69) is 35.6 Å². The molecule has 35 heavy (non-hydrogen) atoms. The van der Waals surface area contributed by atoms with Crippen LogP contribution in [0.2, 0.25) is 5.02 Å². The third-order valence-electron chi connectivity index (χ3n) is 8.06. The Bertz CT molecular complexity index is 993. The zero-order chi connectivity index (χ0) is 24.8. The van der Waals surface area contributed by atoms with E-state index in [1.54, 1.807) is 0 Å². The molecule has 2 fully saturated rings. The molecule has 1 aromatic carbocycles. The molecule has 1 heterocycles. The van der Waals surface area contributed by atoms with Crippen molar-refractivity contribution < 1.29 is 9.59 Å². The SMILES string of the molecule is CCC(C)N(CC(=O)N(Cc1cccn1Cc1ccccc1Cl)C1CCCCC1)C(=O)C1CCC1. The summed E-state index contributed by atoms with van der Waals surface area (Å²) in [4.78, 5) is 31.0. The predicted octanol–water partition coefficient (Wildman–Crippen LogP) is 6.28. The maximum Gasteiger partial charge on any atom is 0.242 e. The fraction of sp³-hybridized carbons (Fsp3) is 0.586. The molecule has 2 amide bonds. The number of hydrogen-bond donors (Lipinski definition) is 0. The molecule has 2 aromatic rings. The molecule has 2 aliphatic rings. The molecule has 1 atom stereocenters. The summed E-state index contributed by atoms with van der Waals surface area (Å²) in [5, 5.41) is 0.756. The number of carbonyl (C=O) groups excluding carboxylic acids is 2. The number of rotatable bonds is 10. The van der Waals surface area contributed by atoms with Crippen molar-refractivity contribution in [2.24, 2.45) is 5.92 Å². The lowest BCUT2D eigenvalue weighted by Gasteiger charge is -2.39. The second-order valence-electron chi connectivity index (χ2n) is 10.4. The van der Waals surface area contributed by atoms with E-state index >= 15 is 0 Å². The van der Waals surface area contributed by atoms with Gasteiger partial charge in [0.05, 0.1) is 6.54 Å². The van der Waals surface area contributed by atoms with Crippen LogP contribution >= 0.6 is 11.6 Å². The van der Waals surface area contributed by atoms with E-state index < -0.39 is 0 Å². The molecule has 5 nitrogen and oxygen atoms in total. The molecule has 1 aromatic heterocycles. The first kappa shape index (κ1) is 25.8. The molecule has 2 aliphatic carbocycles. The molecule has 0 radical (unpaired) electrons. The molecule has 0 bridgehead atoms. The fourth-order valence-corrected chi connectivity index (χ4v) is 5.54. The Morgan fingerprint density at radius 3 is 2.43 bits per heavy atom. The van der Waals surface area contributed by atoms with Gasteiger partial charge >= 0.3 is 0 Å². The van der Waals surface area contributed by atoms with Crippen molar-refractivity contribution in [3.63, 3.8) is 0 Å². The highest BCUT2D eigenvalue weighted by molar-refractivity contribution is 6.31. The Morgan fingerprint density at radius 2 is 1.77 bits per heavy atom. The highest BCUT2D eigenvalue weighted by Gasteiger charge is 2.34. The van der Waals surface area contributed by atoms with Gasteiger partial charge < -0.3 is 14.4 Å². The minimum Gasteiger partial charge on any atom is -0.345 e. The third kappa shape index (κ3) is 6.30. The van der Waals surface area contributed by atoms with Gasteiger partial charge in [-0.1, -0.05) is 62.4 Å². The van der Waals surface area contributed by atoms with E-state index in [1.165, 1.54) is 6.42 Å². The van der Waals surface area contributed by atoms with Gasteiger partial charge in [0.15, 0.2) is 0 Å². The number of amides is 2. The maximum atomic E-state index is 13.9. The van der Waals surface area contributed by atoms with Crippen LogP contribution in [-0.2, 0) is 22.7 Å². The molecule has 6 heteroatoms. The molecule has 0 aliphatic heterocycles. The summed E-state index contributed by atoms with van der Waals surface area (Å²) in [7, 11) is 0. The topological polar surface area (TPSA) is 45.6 Å². The van der Waals surface area contributed by atoms with Gasteiger partial charge in [0.2, 0.25) is 11.8 Å². The zero-order valence-corrected chi connectivity index (χ0v) is 22.1. The summed E-state index contributed by atoms with van der Waals surface area (Å²) in [6.07, 6.45) is 11.6. The quantitative estimate of drug-likeness (QED) is 0.388. The molecule has 1 unspecified atom stereocenters. The number of aromatic nitrogens is 1. The van der Waals surface area contributed by atoms with Crippen LogP contribution < -0.4 is 0 Å². The smallest absolute Gasteiger partial charge is 0.242 e. The van der Waals surface area contributed by atoms with Crippen LogP contribution in [0.3, 0.4) is 0 Å². The Labute approximate surface area is 215 Å². The van der Waals surface area contributed by atoms with Crippen molar-refractivity contribution in [2.75, 3.05) is 6.54 Å². The summed E-state index contributed by atoms with van der Waals surface area (Å²) in [6.45, 7) is 5.59. The fourth-order valence-electron chi connectivity index (χ4n) is 5.34. The van der Waals surface area contributed by atoms with Gasteiger partial charge in [0.1, 0.15) is 6.54 Å². The normalized spacial score (nSPS) is 17.6. The summed E-state index contributed by atoms with van der Waals surface area (Å²) in [5.41, 5.74) is 2.17. The number of benzene rings is 1. The Morgan fingerprint density at radius 1 is 1.03 bits per heavy atom. The molecule has 0 saturated heterocycles. The Hall–Kier alpha value is -2.27. The highest BCUT2D eigenvalue weighted by atomic mass is 35.5. The van der Waals surface area contributed by atoms with Crippen LogP contribution in [0.15, 0.2) is 42.6 Å². The van der Waals surface area contributed by atoms with Crippen LogP contribution in [0.1, 0.15) is 82.9 Å². The van der Waals surface area contributed by atoms with Crippen molar-refractivity contribution in [3.05, 3.63) is 58.9 Å². The average molecular weight is 498 g/mol. The van der Waals surface area contributed by atoms with Crippen molar-refractivity contribution in [3.8, 4) is 0 Å². The first-order chi connectivity index (χ1) is 17.0. The highest BCUT2D eigenvalue weighted by Crippen LogP contribution is 2.30. The molecule has 2 saturated carbocycles. The Balaban J connectivity index is 1.54. The van der Waals surface area contributed by atoms with Crippen LogP contribution in [0.25, 0.3) is 0 Å². The monoisotopic (exact) mass is 497 g/mol. The van der Waals surface area contributed by atoms with Crippen molar-refractivity contribution >= 4 is 23.4 Å². The van der Waals surface area contributed by atoms with E-state index in [9.17, 15) is 9.59 Å². The lowest BCUT2D eigenvalue weighted by atomic mass is 9.84. The van der Waals surface area contributed by atoms with Gasteiger partial charge in [0.25, 0.3) is 0 Å². The summed E-state index contributed by atoms with van der Waals surface area (Å²) in [6, 6.07) is 12.4. The first-order valence-electron chi connectivity index (χ1n) is 13.4. The van der Waals surface area contributed by atoms with Crippen LogP contribution in [-0.4, -0.2) is 44.8 Å². The van der Waals surface area contributed by atoms with E-state index in [1.807, 2.05) is 35.2 Å². The van der Waals surface area contributed by atoms with Crippen molar-refractivity contribution in [1.29, 1.82) is 0 Å². The molecular weight excluding hydrogens is 458 g/mol. The lowest BCUT2D eigenvalue weighted by molar-refractivity contribution is -0.148. The average Bonchev–Trinajstić information content (AvgIpc) is 3.27. The molecule has 4 rings (SSSR count). The third-order valence-corrected chi connectivity index (χ3v) is 8.42. The van der Waals surface area contributed by atoms with Crippen LogP contribution in [0.5, 0.6) is 0 Å². The number of halogens is 1. The van der Waals surface area contributed by atoms with Gasteiger partial charge in [-0.3, -0.25) is 9.59 Å². The van der Waals surface area contributed by atoms with E-state index in [0.717, 1.165) is 67.6 Å². The number of nitrogens with zero attached hydrogens (tertiary/aromatic N) is 3. The molecule has 0 N–H and O–H groups in total. The summed E-state index contributed by atoms with van der Waals surface area (Å²) in [5.74, 6) is 0.354. The number of hydrogen-bond acceptors (Lipinski definition) is 2. The minimum atomic E-state index is 0.0735. The van der Waals surface area contributed by atoms with Crippen molar-refractivity contribution in [2.45, 2.75) is 96.8 Å². The van der Waals surface area contributed by atoms with E-state index in [4.69, 9.17) is 11.6 Å². The van der Waals surface area contributed by atoms with Gasteiger partial charge in [-0.25, -0.2) is 0 Å². The standard InChI is InChI=1S/C29H40ClN3O2/c1-3-22(2)32(29(35)23-12-9-13-23)21-28(34)33(25-14-5-4-6-15-25)20-26-16-10-18-31(26)19-24-11-7-8-17-27(24)30/h7-8,10-11,16-18,22-23,25H,3-6,9,12-15,19-21H2,1-2H3. The second-order valence-corrected chi connectivity index (χ2v) is 10.8. The largest absolute Gasteiger partial charge is 0.345 e. The maximum absolute atomic E-state index is 13.9. The van der Waals surface area contributed by atoms with E-state index in [-0.39, 0.29) is 36.4 Å². The van der Waals surface area contributed by atoms with Crippen LogP contribution in [0.4, 0.5) is 0 Å². The van der Waals surface area contributed by atoms with Gasteiger partial charge in [0, 0.05) is 41.5 Å². The van der Waals surface area contributed by atoms with Crippen LogP contribution in [0, 0.1) is 5.92 Å². The van der Waals surface area contributed by atoms with E-state index in [0.29, 0.717) is 13.1 Å². The molecular formula is C29H40ClN3O2. The zero-order valence-electron chi connectivity index (χ0n) is 21.3. The number of carbonyl (C=O) groups is 2. The van der Waals surface area contributed by atoms with Gasteiger partial charge in [-0.05, 0) is 62.8 Å². The van der Waals surface area contributed by atoms with Gasteiger partial charge in [-0.15, -0.1) is 0 Å².